The lowest BCUT2D eigenvalue weighted by molar-refractivity contribution is -0.121. The number of ether oxygens (including phenoxy) is 1. The molecule has 0 unspecified atom stereocenters. The van der Waals surface area contributed by atoms with Crippen molar-refractivity contribution in [1.29, 1.82) is 0 Å². The van der Waals surface area contributed by atoms with Crippen LogP contribution < -0.4 is 15.4 Å². The number of anilines is 1. The minimum Gasteiger partial charge on any atom is -0.492 e. The first-order valence-electron chi connectivity index (χ1n) is 8.10. The second-order valence-corrected chi connectivity index (χ2v) is 7.14. The highest BCUT2D eigenvalue weighted by atomic mass is 32.1. The van der Waals surface area contributed by atoms with E-state index in [1.54, 1.807) is 6.07 Å². The van der Waals surface area contributed by atoms with E-state index in [4.69, 9.17) is 4.74 Å². The third-order valence-electron chi connectivity index (χ3n) is 4.31. The van der Waals surface area contributed by atoms with Crippen molar-refractivity contribution in [2.45, 2.75) is 25.3 Å². The lowest BCUT2D eigenvalue weighted by atomic mass is 9.96. The van der Waals surface area contributed by atoms with Crippen LogP contribution in [0.15, 0.2) is 35.7 Å². The van der Waals surface area contributed by atoms with E-state index in [0.29, 0.717) is 29.6 Å². The summed E-state index contributed by atoms with van der Waals surface area (Å²) >= 11 is 1.37. The van der Waals surface area contributed by atoms with Gasteiger partial charge in [0.2, 0.25) is 5.91 Å². The molecule has 1 aliphatic carbocycles. The standard InChI is InChI=1S/C18H18N2O3S/c21-16(12-9-11-3-1-2-4-15(11)23-10-12)20-18-14(7-8-24-18)17(22)19-13-5-6-13/h1-4,7-8,12-13H,5-6,9-10H2,(H,19,22)(H,20,21)/t12-/m1/s1. The number of rotatable bonds is 4. The molecule has 0 radical (unpaired) electrons. The van der Waals surface area contributed by atoms with Gasteiger partial charge in [-0.1, -0.05) is 18.2 Å². The zero-order chi connectivity index (χ0) is 16.5. The van der Waals surface area contributed by atoms with E-state index in [-0.39, 0.29) is 17.7 Å². The molecule has 0 spiro atoms. The molecule has 24 heavy (non-hydrogen) atoms. The maximum Gasteiger partial charge on any atom is 0.254 e. The molecule has 1 atom stereocenters. The van der Waals surface area contributed by atoms with Gasteiger partial charge in [0.15, 0.2) is 0 Å². The summed E-state index contributed by atoms with van der Waals surface area (Å²) in [6.45, 7) is 0.359. The van der Waals surface area contributed by atoms with Crippen LogP contribution in [0.4, 0.5) is 5.00 Å². The van der Waals surface area contributed by atoms with Crippen LogP contribution in [0.1, 0.15) is 28.8 Å². The van der Waals surface area contributed by atoms with Gasteiger partial charge < -0.3 is 15.4 Å². The molecule has 2 N–H and O–H groups in total. The van der Waals surface area contributed by atoms with Crippen molar-refractivity contribution in [3.05, 3.63) is 46.8 Å². The van der Waals surface area contributed by atoms with E-state index in [9.17, 15) is 9.59 Å². The minimum atomic E-state index is -0.249. The summed E-state index contributed by atoms with van der Waals surface area (Å²) in [5.41, 5.74) is 1.58. The Morgan fingerprint density at radius 3 is 2.83 bits per heavy atom. The third kappa shape index (κ3) is 3.14. The highest BCUT2D eigenvalue weighted by Crippen LogP contribution is 2.29. The second kappa shape index (κ2) is 6.28. The quantitative estimate of drug-likeness (QED) is 0.898. The molecule has 1 aromatic carbocycles. The highest BCUT2D eigenvalue weighted by Gasteiger charge is 2.28. The van der Waals surface area contributed by atoms with Crippen molar-refractivity contribution in [3.8, 4) is 5.75 Å². The summed E-state index contributed by atoms with van der Waals surface area (Å²) in [5.74, 6) is 0.384. The predicted octanol–water partition coefficient (Wildman–Crippen LogP) is 2.83. The number of carbonyl (C=O) groups excluding carboxylic acids is 2. The second-order valence-electron chi connectivity index (χ2n) is 6.22. The van der Waals surface area contributed by atoms with Gasteiger partial charge in [-0.2, -0.15) is 0 Å². The maximum atomic E-state index is 12.6. The molecule has 4 rings (SSSR count). The zero-order valence-electron chi connectivity index (χ0n) is 13.1. The number of para-hydroxylation sites is 1. The maximum absolute atomic E-state index is 12.6. The molecule has 0 bridgehead atoms. The van der Waals surface area contributed by atoms with E-state index in [1.165, 1.54) is 11.3 Å². The molecule has 2 aromatic rings. The van der Waals surface area contributed by atoms with Crippen molar-refractivity contribution >= 4 is 28.2 Å². The van der Waals surface area contributed by atoms with Gasteiger partial charge in [-0.3, -0.25) is 9.59 Å². The topological polar surface area (TPSA) is 67.4 Å². The lowest BCUT2D eigenvalue weighted by Gasteiger charge is -2.24. The number of hydrogen-bond acceptors (Lipinski definition) is 4. The zero-order valence-corrected chi connectivity index (χ0v) is 13.9. The summed E-state index contributed by atoms with van der Waals surface area (Å²) in [5, 5.41) is 8.29. The molecular formula is C18H18N2O3S. The van der Waals surface area contributed by atoms with Crippen LogP contribution in [-0.4, -0.2) is 24.5 Å². The average molecular weight is 342 g/mol. The van der Waals surface area contributed by atoms with Crippen LogP contribution in [0.2, 0.25) is 0 Å². The predicted molar refractivity (Wildman–Crippen MR) is 92.6 cm³/mol. The Morgan fingerprint density at radius 1 is 1.17 bits per heavy atom. The number of thiophene rings is 1. The molecular weight excluding hydrogens is 324 g/mol. The number of amides is 2. The molecule has 1 aliphatic heterocycles. The van der Waals surface area contributed by atoms with Crippen LogP contribution >= 0.6 is 11.3 Å². The number of benzene rings is 1. The monoisotopic (exact) mass is 342 g/mol. The Bertz CT molecular complexity index is 782. The Balaban J connectivity index is 1.43. The number of fused-ring (bicyclic) bond motifs is 1. The number of carbonyl (C=O) groups is 2. The van der Waals surface area contributed by atoms with Gasteiger partial charge in [-0.15, -0.1) is 11.3 Å². The van der Waals surface area contributed by atoms with Crippen molar-refractivity contribution < 1.29 is 14.3 Å². The summed E-state index contributed by atoms with van der Waals surface area (Å²) in [7, 11) is 0. The van der Waals surface area contributed by atoms with Crippen LogP contribution in [0.3, 0.4) is 0 Å². The van der Waals surface area contributed by atoms with E-state index >= 15 is 0 Å². The summed E-state index contributed by atoms with van der Waals surface area (Å²) in [6.07, 6.45) is 2.73. The van der Waals surface area contributed by atoms with Crippen LogP contribution in [0, 0.1) is 5.92 Å². The van der Waals surface area contributed by atoms with Gasteiger partial charge in [0.1, 0.15) is 17.4 Å². The summed E-state index contributed by atoms with van der Waals surface area (Å²) < 4.78 is 5.68. The van der Waals surface area contributed by atoms with E-state index in [2.05, 4.69) is 10.6 Å². The van der Waals surface area contributed by atoms with Gasteiger partial charge in [0.25, 0.3) is 5.91 Å². The molecule has 1 fully saturated rings. The van der Waals surface area contributed by atoms with E-state index < -0.39 is 0 Å². The molecule has 2 aliphatic rings. The first-order valence-corrected chi connectivity index (χ1v) is 8.98. The Labute approximate surface area is 144 Å². The molecule has 5 nitrogen and oxygen atoms in total. The van der Waals surface area contributed by atoms with Crippen molar-refractivity contribution in [2.24, 2.45) is 5.92 Å². The Morgan fingerprint density at radius 2 is 2.00 bits per heavy atom. The van der Waals surface area contributed by atoms with Crippen LogP contribution in [0.25, 0.3) is 0 Å². The normalized spacial score (nSPS) is 19.1. The van der Waals surface area contributed by atoms with Gasteiger partial charge in [0.05, 0.1) is 11.5 Å². The van der Waals surface area contributed by atoms with Crippen molar-refractivity contribution in [1.82, 2.24) is 5.32 Å². The van der Waals surface area contributed by atoms with Gasteiger partial charge in [0, 0.05) is 6.04 Å². The molecule has 1 saturated carbocycles. The highest BCUT2D eigenvalue weighted by molar-refractivity contribution is 7.14. The molecule has 0 saturated heterocycles. The van der Waals surface area contributed by atoms with Gasteiger partial charge in [-0.25, -0.2) is 0 Å². The van der Waals surface area contributed by atoms with Crippen molar-refractivity contribution in [3.63, 3.8) is 0 Å². The fraction of sp³-hybridized carbons (Fsp3) is 0.333. The minimum absolute atomic E-state index is 0.104. The lowest BCUT2D eigenvalue weighted by Crippen LogP contribution is -2.33. The number of hydrogen-bond donors (Lipinski definition) is 2. The first kappa shape index (κ1) is 15.2. The van der Waals surface area contributed by atoms with E-state index in [1.807, 2.05) is 29.6 Å². The van der Waals surface area contributed by atoms with E-state index in [0.717, 1.165) is 24.2 Å². The fourth-order valence-corrected chi connectivity index (χ4v) is 3.57. The van der Waals surface area contributed by atoms with Crippen molar-refractivity contribution in [2.75, 3.05) is 11.9 Å². The fourth-order valence-electron chi connectivity index (χ4n) is 2.79. The van der Waals surface area contributed by atoms with Gasteiger partial charge >= 0.3 is 0 Å². The largest absolute Gasteiger partial charge is 0.492 e. The molecule has 2 heterocycles. The first-order chi connectivity index (χ1) is 11.7. The third-order valence-corrected chi connectivity index (χ3v) is 5.14. The molecule has 1 aromatic heterocycles. The summed E-state index contributed by atoms with van der Waals surface area (Å²) in [6, 6.07) is 9.82. The molecule has 6 heteroatoms. The average Bonchev–Trinajstić information content (AvgIpc) is 3.29. The van der Waals surface area contributed by atoms with Crippen LogP contribution in [0.5, 0.6) is 5.75 Å². The molecule has 2 amide bonds. The van der Waals surface area contributed by atoms with Crippen LogP contribution in [-0.2, 0) is 11.2 Å². The summed E-state index contributed by atoms with van der Waals surface area (Å²) in [4.78, 5) is 24.8. The number of nitrogens with one attached hydrogen (secondary N) is 2. The SMILES string of the molecule is O=C(NC1CC1)c1ccsc1NC(=O)[C@H]1COc2ccccc2C1. The Kier molecular flexibility index (Phi) is 3.98. The Hall–Kier alpha value is -2.34. The molecule has 124 valence electrons. The smallest absolute Gasteiger partial charge is 0.254 e. The van der Waals surface area contributed by atoms with Gasteiger partial charge in [-0.05, 0) is 42.3 Å².